The van der Waals surface area contributed by atoms with Crippen molar-refractivity contribution in [2.45, 2.75) is 25.8 Å². The minimum absolute atomic E-state index is 0.0166. The van der Waals surface area contributed by atoms with Gasteiger partial charge in [-0.1, -0.05) is 18.2 Å². The van der Waals surface area contributed by atoms with Gasteiger partial charge in [-0.05, 0) is 62.7 Å². The summed E-state index contributed by atoms with van der Waals surface area (Å²) in [5.74, 6) is -0.674. The minimum Gasteiger partial charge on any atom is -0.326 e. The fourth-order valence-corrected chi connectivity index (χ4v) is 3.28. The van der Waals surface area contributed by atoms with Crippen molar-refractivity contribution >= 4 is 23.2 Å². The van der Waals surface area contributed by atoms with Crippen molar-refractivity contribution in [3.8, 4) is 0 Å². The lowest BCUT2D eigenvalue weighted by Crippen LogP contribution is -2.49. The van der Waals surface area contributed by atoms with Crippen molar-refractivity contribution in [3.63, 3.8) is 0 Å². The molecule has 3 rings (SSSR count). The van der Waals surface area contributed by atoms with E-state index in [1.807, 2.05) is 42.2 Å². The van der Waals surface area contributed by atoms with Gasteiger partial charge in [-0.2, -0.15) is 0 Å². The topological polar surface area (TPSA) is 61.4 Å². The van der Waals surface area contributed by atoms with E-state index in [0.717, 1.165) is 25.1 Å². The van der Waals surface area contributed by atoms with Gasteiger partial charge in [0.25, 0.3) is 0 Å². The van der Waals surface area contributed by atoms with Crippen LogP contribution in [0, 0.1) is 11.7 Å². The molecule has 5 nitrogen and oxygen atoms in total. The molecular weight excluding hydrogens is 345 g/mol. The SMILES string of the molecule is C[C@@H](C(=O)Nc1ccc(F)cc1)N1CCC[C@H](C(=O)Nc2ccccc2)C1. The Bertz CT molecular complexity index is 780. The molecule has 0 aliphatic carbocycles. The van der Waals surface area contributed by atoms with E-state index in [1.165, 1.54) is 24.3 Å². The van der Waals surface area contributed by atoms with Gasteiger partial charge in [0.15, 0.2) is 0 Å². The van der Waals surface area contributed by atoms with E-state index in [1.54, 1.807) is 0 Å². The third kappa shape index (κ3) is 5.14. The number of benzene rings is 2. The van der Waals surface area contributed by atoms with Crippen LogP contribution in [0.2, 0.25) is 0 Å². The summed E-state index contributed by atoms with van der Waals surface area (Å²) >= 11 is 0. The maximum Gasteiger partial charge on any atom is 0.241 e. The highest BCUT2D eigenvalue weighted by atomic mass is 19.1. The van der Waals surface area contributed by atoms with Crippen molar-refractivity contribution in [1.29, 1.82) is 0 Å². The van der Waals surface area contributed by atoms with Crippen molar-refractivity contribution in [2.24, 2.45) is 5.92 Å². The van der Waals surface area contributed by atoms with E-state index in [9.17, 15) is 14.0 Å². The van der Waals surface area contributed by atoms with Gasteiger partial charge in [0, 0.05) is 17.9 Å². The van der Waals surface area contributed by atoms with Crippen LogP contribution in [0.4, 0.5) is 15.8 Å². The van der Waals surface area contributed by atoms with Gasteiger partial charge in [0.05, 0.1) is 12.0 Å². The van der Waals surface area contributed by atoms with Crippen LogP contribution in [0.1, 0.15) is 19.8 Å². The van der Waals surface area contributed by atoms with Crippen LogP contribution >= 0.6 is 0 Å². The number of carbonyl (C=O) groups excluding carboxylic acids is 2. The maximum absolute atomic E-state index is 13.0. The molecule has 2 N–H and O–H groups in total. The fourth-order valence-electron chi connectivity index (χ4n) is 3.28. The Balaban J connectivity index is 1.57. The number of rotatable bonds is 5. The van der Waals surface area contributed by atoms with E-state index < -0.39 is 0 Å². The summed E-state index contributed by atoms with van der Waals surface area (Å²) in [5, 5.41) is 5.75. The molecule has 1 heterocycles. The molecule has 0 saturated carbocycles. The lowest BCUT2D eigenvalue weighted by atomic mass is 9.95. The summed E-state index contributed by atoms with van der Waals surface area (Å²) in [6, 6.07) is 14.7. The zero-order valence-corrected chi connectivity index (χ0v) is 15.3. The van der Waals surface area contributed by atoms with Crippen LogP contribution in [0.3, 0.4) is 0 Å². The van der Waals surface area contributed by atoms with Crippen molar-refractivity contribution in [1.82, 2.24) is 4.90 Å². The predicted molar refractivity (Wildman–Crippen MR) is 104 cm³/mol. The van der Waals surface area contributed by atoms with Crippen LogP contribution in [0.5, 0.6) is 0 Å². The normalized spacial score (nSPS) is 18.5. The number of para-hydroxylation sites is 1. The highest BCUT2D eigenvalue weighted by Gasteiger charge is 2.30. The Morgan fingerprint density at radius 1 is 1.04 bits per heavy atom. The van der Waals surface area contributed by atoms with E-state index >= 15 is 0 Å². The molecule has 2 aromatic carbocycles. The summed E-state index contributed by atoms with van der Waals surface area (Å²) in [6.07, 6.45) is 1.67. The quantitative estimate of drug-likeness (QED) is 0.848. The maximum atomic E-state index is 13.0. The first kappa shape index (κ1) is 19.0. The number of halogens is 1. The van der Waals surface area contributed by atoms with Crippen LogP contribution in [0.15, 0.2) is 54.6 Å². The number of piperidine rings is 1. The van der Waals surface area contributed by atoms with E-state index in [2.05, 4.69) is 10.6 Å². The number of nitrogens with zero attached hydrogens (tertiary/aromatic N) is 1. The molecule has 2 amide bonds. The van der Waals surface area contributed by atoms with Crippen molar-refractivity contribution in [2.75, 3.05) is 23.7 Å². The molecule has 0 aromatic heterocycles. The second-order valence-corrected chi connectivity index (χ2v) is 6.86. The Morgan fingerprint density at radius 3 is 2.41 bits per heavy atom. The third-order valence-electron chi connectivity index (χ3n) is 4.90. The van der Waals surface area contributed by atoms with Crippen LogP contribution in [0.25, 0.3) is 0 Å². The molecule has 6 heteroatoms. The second-order valence-electron chi connectivity index (χ2n) is 6.86. The molecule has 1 saturated heterocycles. The molecule has 142 valence electrons. The highest BCUT2D eigenvalue weighted by molar-refractivity contribution is 5.95. The van der Waals surface area contributed by atoms with Gasteiger partial charge in [-0.25, -0.2) is 4.39 Å². The molecular formula is C21H24FN3O2. The zero-order chi connectivity index (χ0) is 19.2. The molecule has 0 bridgehead atoms. The molecule has 27 heavy (non-hydrogen) atoms. The smallest absolute Gasteiger partial charge is 0.241 e. The summed E-state index contributed by atoms with van der Waals surface area (Å²) in [4.78, 5) is 27.1. The number of likely N-dealkylation sites (tertiary alicyclic amines) is 1. The molecule has 2 atom stereocenters. The first-order valence-electron chi connectivity index (χ1n) is 9.19. The molecule has 0 spiro atoms. The minimum atomic E-state index is -0.373. The van der Waals surface area contributed by atoms with Gasteiger partial charge < -0.3 is 10.6 Å². The monoisotopic (exact) mass is 369 g/mol. The molecule has 1 fully saturated rings. The van der Waals surface area contributed by atoms with Gasteiger partial charge in [-0.15, -0.1) is 0 Å². The largest absolute Gasteiger partial charge is 0.326 e. The number of carbonyl (C=O) groups is 2. The van der Waals surface area contributed by atoms with E-state index in [0.29, 0.717) is 12.2 Å². The Hall–Kier alpha value is -2.73. The van der Waals surface area contributed by atoms with Gasteiger partial charge in [0.2, 0.25) is 11.8 Å². The Morgan fingerprint density at radius 2 is 1.70 bits per heavy atom. The second kappa shape index (κ2) is 8.77. The lowest BCUT2D eigenvalue weighted by Gasteiger charge is -2.35. The number of nitrogens with one attached hydrogen (secondary N) is 2. The van der Waals surface area contributed by atoms with Gasteiger partial charge in [0.1, 0.15) is 5.82 Å². The number of anilines is 2. The predicted octanol–water partition coefficient (Wildman–Crippen LogP) is 3.50. The molecule has 0 radical (unpaired) electrons. The third-order valence-corrected chi connectivity index (χ3v) is 4.90. The van der Waals surface area contributed by atoms with Crippen LogP contribution in [-0.2, 0) is 9.59 Å². The average Bonchev–Trinajstić information content (AvgIpc) is 2.70. The van der Waals surface area contributed by atoms with E-state index in [4.69, 9.17) is 0 Å². The lowest BCUT2D eigenvalue weighted by molar-refractivity contribution is -0.125. The summed E-state index contributed by atoms with van der Waals surface area (Å²) in [6.45, 7) is 3.14. The standard InChI is InChI=1S/C21H24FN3O2/c1-15(20(26)23-19-11-9-17(22)10-12-19)25-13-5-6-16(14-25)21(27)24-18-7-3-2-4-8-18/h2-4,7-12,15-16H,5-6,13-14H2,1H3,(H,23,26)(H,24,27)/t15-,16-/m0/s1. The summed E-state index contributed by atoms with van der Waals surface area (Å²) in [5.41, 5.74) is 1.34. The first-order chi connectivity index (χ1) is 13.0. The van der Waals surface area contributed by atoms with Gasteiger partial charge in [-0.3, -0.25) is 14.5 Å². The molecule has 1 aliphatic heterocycles. The number of hydrogen-bond acceptors (Lipinski definition) is 3. The Labute approximate surface area is 158 Å². The summed E-state index contributed by atoms with van der Waals surface area (Å²) < 4.78 is 13.0. The van der Waals surface area contributed by atoms with Crippen LogP contribution < -0.4 is 10.6 Å². The number of hydrogen-bond donors (Lipinski definition) is 2. The first-order valence-corrected chi connectivity index (χ1v) is 9.19. The average molecular weight is 369 g/mol. The molecule has 0 unspecified atom stereocenters. The van der Waals surface area contributed by atoms with Crippen molar-refractivity contribution < 1.29 is 14.0 Å². The highest BCUT2D eigenvalue weighted by Crippen LogP contribution is 2.21. The molecule has 1 aliphatic rings. The van der Waals surface area contributed by atoms with Crippen molar-refractivity contribution in [3.05, 3.63) is 60.4 Å². The number of amides is 2. The Kier molecular flexibility index (Phi) is 6.19. The van der Waals surface area contributed by atoms with E-state index in [-0.39, 0.29) is 29.6 Å². The fraction of sp³-hybridized carbons (Fsp3) is 0.333. The molecule has 2 aromatic rings. The van der Waals surface area contributed by atoms with Gasteiger partial charge >= 0.3 is 0 Å². The zero-order valence-electron chi connectivity index (χ0n) is 15.3. The van der Waals surface area contributed by atoms with Crippen LogP contribution in [-0.4, -0.2) is 35.8 Å². The summed E-state index contributed by atoms with van der Waals surface area (Å²) in [7, 11) is 0.